The Morgan fingerprint density at radius 1 is 2.00 bits per heavy atom. The van der Waals surface area contributed by atoms with Crippen molar-refractivity contribution in [1.29, 1.82) is 5.41 Å². The van der Waals surface area contributed by atoms with Crippen LogP contribution in [-0.4, -0.2) is 21.8 Å². The molecule has 0 aliphatic rings. The molecule has 0 saturated carbocycles. The van der Waals surface area contributed by atoms with Crippen LogP contribution < -0.4 is 5.62 Å². The first-order chi connectivity index (χ1) is 3.30. The van der Waals surface area contributed by atoms with E-state index in [2.05, 4.69) is 9.90 Å². The average Bonchev–Trinajstić information content (AvgIpc) is 1.91. The van der Waals surface area contributed by atoms with Crippen molar-refractivity contribution in [2.24, 2.45) is 7.05 Å². The summed E-state index contributed by atoms with van der Waals surface area (Å²) in [5.41, 5.74) is 0.319. The van der Waals surface area contributed by atoms with E-state index in [9.17, 15) is 0 Å². The molecule has 0 spiro atoms. The summed E-state index contributed by atoms with van der Waals surface area (Å²) < 4.78 is 1.44. The molecular weight excluding hydrogens is 90.9 g/mol. The van der Waals surface area contributed by atoms with Gasteiger partial charge in [-0.15, -0.1) is 0 Å². The summed E-state index contributed by atoms with van der Waals surface area (Å²) in [6.45, 7) is 0. The number of aromatic nitrogens is 3. The second kappa shape index (κ2) is 1.33. The Morgan fingerprint density at radius 2 is 2.71 bits per heavy atom. The van der Waals surface area contributed by atoms with Gasteiger partial charge >= 0.3 is 39.8 Å². The van der Waals surface area contributed by atoms with Gasteiger partial charge in [0.2, 0.25) is 0 Å². The Balaban J connectivity index is 3.39. The third-order valence-corrected chi connectivity index (χ3v) is 0.756. The fourth-order valence-corrected chi connectivity index (χ4v) is 0.328. The molecule has 0 bridgehead atoms. The predicted molar refractivity (Wildman–Crippen MR) is 24.8 cm³/mol. The molecule has 1 aromatic heterocycles. The number of nitrogens with one attached hydrogen (secondary N) is 2. The molecule has 1 heterocycles. The van der Waals surface area contributed by atoms with E-state index in [1.54, 1.807) is 7.05 Å². The van der Waals surface area contributed by atoms with Crippen LogP contribution >= 0.6 is 0 Å². The van der Waals surface area contributed by atoms with Crippen LogP contribution in [0.3, 0.4) is 0 Å². The van der Waals surface area contributed by atoms with Crippen molar-refractivity contribution in [3.63, 3.8) is 0 Å². The number of H-pyrrole nitrogens is 1. The van der Waals surface area contributed by atoms with Gasteiger partial charge in [0.05, 0.1) is 0 Å². The van der Waals surface area contributed by atoms with Crippen molar-refractivity contribution in [3.8, 4) is 0 Å². The average molecular weight is 95.9 g/mol. The first-order valence-electron chi connectivity index (χ1n) is 1.92. The van der Waals surface area contributed by atoms with Gasteiger partial charge < -0.3 is 0 Å². The van der Waals surface area contributed by atoms with Crippen molar-refractivity contribution >= 4 is 7.19 Å². The van der Waals surface area contributed by atoms with Gasteiger partial charge in [0.15, 0.2) is 0 Å². The summed E-state index contributed by atoms with van der Waals surface area (Å²) in [5, 5.41) is 10.6. The Labute approximate surface area is 41.0 Å². The van der Waals surface area contributed by atoms with Crippen LogP contribution in [0.2, 0.25) is 0 Å². The predicted octanol–water partition coefficient (Wildman–Crippen LogP) is -1.43. The maximum atomic E-state index is 6.94. The Hall–Kier alpha value is -0.865. The minimum absolute atomic E-state index is 0.319. The zero-order chi connectivity index (χ0) is 5.28. The SMILES string of the molecule is Cn1nb[nH]c1=N. The summed E-state index contributed by atoms with van der Waals surface area (Å²) in [4.78, 5) is 2.59. The molecule has 1 rings (SSSR count). The van der Waals surface area contributed by atoms with E-state index in [1.165, 1.54) is 11.9 Å². The monoisotopic (exact) mass is 96.1 g/mol. The Kier molecular flexibility index (Phi) is 0.815. The summed E-state index contributed by atoms with van der Waals surface area (Å²) in [6.07, 6.45) is 0. The molecule has 0 amide bonds. The molecule has 1 aromatic rings. The van der Waals surface area contributed by atoms with Crippen molar-refractivity contribution in [2.45, 2.75) is 0 Å². The van der Waals surface area contributed by atoms with Gasteiger partial charge in [-0.25, -0.2) is 0 Å². The van der Waals surface area contributed by atoms with Crippen molar-refractivity contribution in [3.05, 3.63) is 5.62 Å². The zero-order valence-corrected chi connectivity index (χ0v) is 3.97. The van der Waals surface area contributed by atoms with Crippen LogP contribution in [0, 0.1) is 5.41 Å². The van der Waals surface area contributed by atoms with Crippen LogP contribution in [0.5, 0.6) is 0 Å². The summed E-state index contributed by atoms with van der Waals surface area (Å²) >= 11 is 0. The number of rotatable bonds is 0. The Morgan fingerprint density at radius 3 is 2.86 bits per heavy atom. The normalized spacial score (nSPS) is 8.71. The van der Waals surface area contributed by atoms with E-state index in [-0.39, 0.29) is 0 Å². The van der Waals surface area contributed by atoms with Crippen LogP contribution in [0.25, 0.3) is 0 Å². The summed E-state index contributed by atoms with van der Waals surface area (Å²) in [6, 6.07) is 0. The van der Waals surface area contributed by atoms with Gasteiger partial charge in [0.25, 0.3) is 0 Å². The molecule has 4 nitrogen and oxygen atoms in total. The maximum absolute atomic E-state index is 6.94. The third-order valence-electron chi connectivity index (χ3n) is 0.756. The first kappa shape index (κ1) is 4.30. The van der Waals surface area contributed by atoms with E-state index in [4.69, 9.17) is 5.41 Å². The van der Waals surface area contributed by atoms with Gasteiger partial charge in [-0.05, 0) is 0 Å². The molecule has 0 unspecified atom stereocenters. The zero-order valence-electron chi connectivity index (χ0n) is 3.97. The molecule has 0 aromatic carbocycles. The second-order valence-corrected chi connectivity index (χ2v) is 1.26. The van der Waals surface area contributed by atoms with Crippen molar-refractivity contribution in [2.75, 3.05) is 0 Å². The fourth-order valence-electron chi connectivity index (χ4n) is 0.328. The molecule has 0 saturated heterocycles. The number of nitrogens with zero attached hydrogens (tertiary/aromatic N) is 2. The number of hydrogen-bond donors (Lipinski definition) is 2. The molecule has 0 aliphatic carbocycles. The molecular formula is C2H5BN4. The molecule has 5 heteroatoms. The molecule has 0 atom stereocenters. The minimum atomic E-state index is 0.319. The van der Waals surface area contributed by atoms with E-state index in [0.29, 0.717) is 5.62 Å². The van der Waals surface area contributed by atoms with Gasteiger partial charge in [-0.2, -0.15) is 0 Å². The summed E-state index contributed by atoms with van der Waals surface area (Å²) in [5.74, 6) is 0. The van der Waals surface area contributed by atoms with Crippen LogP contribution in [-0.2, 0) is 7.05 Å². The third kappa shape index (κ3) is 0.605. The standard InChI is InChI=1S/C2H5BN4/c1-7-2(4)5-3-6-7/h1H3,(H2,4,5). The van der Waals surface area contributed by atoms with E-state index < -0.39 is 0 Å². The number of hydrogen-bond acceptors (Lipinski definition) is 2. The topological polar surface area (TPSA) is 57.5 Å². The van der Waals surface area contributed by atoms with Crippen LogP contribution in [0.15, 0.2) is 0 Å². The summed E-state index contributed by atoms with van der Waals surface area (Å²) in [7, 11) is 3.18. The molecule has 36 valence electrons. The molecule has 0 radical (unpaired) electrons. The van der Waals surface area contributed by atoms with Gasteiger partial charge in [-0.3, -0.25) is 0 Å². The Bertz CT molecular complexity index is 197. The van der Waals surface area contributed by atoms with Crippen LogP contribution in [0.4, 0.5) is 0 Å². The molecule has 0 fully saturated rings. The van der Waals surface area contributed by atoms with Gasteiger partial charge in [0.1, 0.15) is 0 Å². The van der Waals surface area contributed by atoms with E-state index in [0.717, 1.165) is 0 Å². The van der Waals surface area contributed by atoms with Crippen molar-refractivity contribution < 1.29 is 0 Å². The fraction of sp³-hybridized carbons (Fsp3) is 0.500. The molecule has 7 heavy (non-hydrogen) atoms. The van der Waals surface area contributed by atoms with E-state index >= 15 is 0 Å². The van der Waals surface area contributed by atoms with Gasteiger partial charge in [-0.1, -0.05) is 0 Å². The van der Waals surface area contributed by atoms with Gasteiger partial charge in [0, 0.05) is 0 Å². The quantitative estimate of drug-likeness (QED) is 0.408. The van der Waals surface area contributed by atoms with E-state index in [1.807, 2.05) is 0 Å². The first-order valence-corrected chi connectivity index (χ1v) is 1.92. The van der Waals surface area contributed by atoms with Crippen molar-refractivity contribution in [1.82, 2.24) is 14.6 Å². The molecule has 2 N–H and O–H groups in total. The molecule has 0 aliphatic heterocycles. The number of aromatic amines is 1. The van der Waals surface area contributed by atoms with Crippen LogP contribution in [0.1, 0.15) is 0 Å². The number of aryl methyl sites for hydroxylation is 1. The second-order valence-electron chi connectivity index (χ2n) is 1.26.